The Morgan fingerprint density at radius 1 is 1.37 bits per heavy atom. The number of hydrogen-bond donors (Lipinski definition) is 1. The minimum Gasteiger partial charge on any atom is -0.301 e. The summed E-state index contributed by atoms with van der Waals surface area (Å²) in [7, 11) is 0. The molecule has 0 fully saturated rings. The summed E-state index contributed by atoms with van der Waals surface area (Å²) in [5.74, 6) is -0.0947. The highest BCUT2D eigenvalue weighted by Crippen LogP contribution is 2.21. The summed E-state index contributed by atoms with van der Waals surface area (Å²) in [5.41, 5.74) is 1.81. The molecule has 2 aromatic heterocycles. The Morgan fingerprint density at radius 3 is 2.63 bits per heavy atom. The third-order valence-corrected chi connectivity index (χ3v) is 3.93. The van der Waals surface area contributed by atoms with Gasteiger partial charge >= 0.3 is 0 Å². The molecule has 0 spiro atoms. The SMILES string of the molecule is Cc1cc(C)nc(S[C@@H](C)C(=O)Nc2nccs2)n1. The summed E-state index contributed by atoms with van der Waals surface area (Å²) in [6.45, 7) is 5.66. The minimum atomic E-state index is -0.273. The Kier molecular flexibility index (Phi) is 4.49. The van der Waals surface area contributed by atoms with Crippen molar-refractivity contribution in [2.75, 3.05) is 5.32 Å². The second-order valence-corrected chi connectivity index (χ2v) is 6.22. The fourth-order valence-corrected chi connectivity index (χ4v) is 2.86. The van der Waals surface area contributed by atoms with Crippen LogP contribution in [-0.4, -0.2) is 26.1 Å². The van der Waals surface area contributed by atoms with E-state index in [4.69, 9.17) is 0 Å². The van der Waals surface area contributed by atoms with Gasteiger partial charge in [-0.1, -0.05) is 11.8 Å². The molecule has 7 heteroatoms. The Balaban J connectivity index is 2.00. The molecule has 2 aromatic rings. The zero-order valence-corrected chi connectivity index (χ0v) is 12.5. The van der Waals surface area contributed by atoms with Gasteiger partial charge in [0.05, 0.1) is 5.25 Å². The van der Waals surface area contributed by atoms with Crippen LogP contribution in [0.3, 0.4) is 0 Å². The molecule has 2 rings (SSSR count). The van der Waals surface area contributed by atoms with Gasteiger partial charge in [-0.25, -0.2) is 15.0 Å². The van der Waals surface area contributed by atoms with Crippen LogP contribution in [0, 0.1) is 13.8 Å². The summed E-state index contributed by atoms with van der Waals surface area (Å²) in [4.78, 5) is 24.6. The molecule has 2 heterocycles. The van der Waals surface area contributed by atoms with Gasteiger partial charge in [0.1, 0.15) is 0 Å². The molecule has 0 bridgehead atoms. The number of amides is 1. The van der Waals surface area contributed by atoms with E-state index in [1.54, 1.807) is 6.20 Å². The topological polar surface area (TPSA) is 67.8 Å². The van der Waals surface area contributed by atoms with Gasteiger partial charge in [0.25, 0.3) is 0 Å². The molecule has 0 aliphatic heterocycles. The van der Waals surface area contributed by atoms with E-state index >= 15 is 0 Å². The monoisotopic (exact) mass is 294 g/mol. The maximum atomic E-state index is 12.0. The van der Waals surface area contributed by atoms with Gasteiger partial charge in [0.15, 0.2) is 10.3 Å². The number of thiazole rings is 1. The van der Waals surface area contributed by atoms with E-state index in [2.05, 4.69) is 20.3 Å². The van der Waals surface area contributed by atoms with Crippen LogP contribution in [-0.2, 0) is 4.79 Å². The number of anilines is 1. The van der Waals surface area contributed by atoms with Crippen LogP contribution in [0.25, 0.3) is 0 Å². The first-order chi connectivity index (χ1) is 9.04. The van der Waals surface area contributed by atoms with Crippen molar-refractivity contribution in [3.63, 3.8) is 0 Å². The predicted octanol–water partition coefficient (Wildman–Crippen LogP) is 2.67. The molecule has 5 nitrogen and oxygen atoms in total. The molecule has 0 radical (unpaired) electrons. The smallest absolute Gasteiger partial charge is 0.239 e. The molecular weight excluding hydrogens is 280 g/mol. The van der Waals surface area contributed by atoms with Crippen LogP contribution in [0.1, 0.15) is 18.3 Å². The van der Waals surface area contributed by atoms with E-state index in [-0.39, 0.29) is 11.2 Å². The van der Waals surface area contributed by atoms with Gasteiger partial charge in [-0.05, 0) is 26.8 Å². The molecule has 1 N–H and O–H groups in total. The molecule has 19 heavy (non-hydrogen) atoms. The normalized spacial score (nSPS) is 12.2. The van der Waals surface area contributed by atoms with Crippen molar-refractivity contribution in [1.82, 2.24) is 15.0 Å². The first-order valence-electron chi connectivity index (χ1n) is 5.74. The molecule has 0 aromatic carbocycles. The maximum absolute atomic E-state index is 12.0. The third-order valence-electron chi connectivity index (χ3n) is 2.28. The van der Waals surface area contributed by atoms with E-state index in [1.165, 1.54) is 23.1 Å². The molecule has 0 aliphatic carbocycles. The van der Waals surface area contributed by atoms with Gasteiger partial charge in [-0.3, -0.25) is 4.79 Å². The van der Waals surface area contributed by atoms with E-state index in [1.807, 2.05) is 32.2 Å². The number of rotatable bonds is 4. The molecule has 0 unspecified atom stereocenters. The lowest BCUT2D eigenvalue weighted by molar-refractivity contribution is -0.115. The lowest BCUT2D eigenvalue weighted by Crippen LogP contribution is -2.22. The van der Waals surface area contributed by atoms with E-state index < -0.39 is 0 Å². The molecule has 100 valence electrons. The van der Waals surface area contributed by atoms with E-state index in [0.717, 1.165) is 11.4 Å². The first kappa shape index (κ1) is 14.0. The average molecular weight is 294 g/mol. The molecule has 0 saturated heterocycles. The van der Waals surface area contributed by atoms with Crippen molar-refractivity contribution in [1.29, 1.82) is 0 Å². The Morgan fingerprint density at radius 2 is 2.05 bits per heavy atom. The summed E-state index contributed by atoms with van der Waals surface area (Å²) >= 11 is 2.74. The number of hydrogen-bond acceptors (Lipinski definition) is 6. The highest BCUT2D eigenvalue weighted by molar-refractivity contribution is 8.00. The number of aromatic nitrogens is 3. The predicted molar refractivity (Wildman–Crippen MR) is 77.6 cm³/mol. The number of carbonyl (C=O) groups is 1. The molecular formula is C12H14N4OS2. The highest BCUT2D eigenvalue weighted by Gasteiger charge is 2.17. The van der Waals surface area contributed by atoms with Gasteiger partial charge in [-0.15, -0.1) is 11.3 Å². The number of nitrogens with zero attached hydrogens (tertiary/aromatic N) is 3. The summed E-state index contributed by atoms with van der Waals surface area (Å²) in [6.07, 6.45) is 1.66. The Labute approximate surface area is 119 Å². The second kappa shape index (κ2) is 6.12. The lowest BCUT2D eigenvalue weighted by atomic mass is 10.4. The number of thioether (sulfide) groups is 1. The van der Waals surface area contributed by atoms with Crippen molar-refractivity contribution in [2.24, 2.45) is 0 Å². The standard InChI is InChI=1S/C12H14N4OS2/c1-7-6-8(2)15-12(14-7)19-9(3)10(17)16-11-13-4-5-18-11/h4-6,9H,1-3H3,(H,13,16,17)/t9-/m0/s1. The van der Waals surface area contributed by atoms with E-state index in [0.29, 0.717) is 10.3 Å². The molecule has 1 atom stereocenters. The van der Waals surface area contributed by atoms with Crippen molar-refractivity contribution in [2.45, 2.75) is 31.2 Å². The molecule has 0 saturated carbocycles. The minimum absolute atomic E-state index is 0.0947. The zero-order chi connectivity index (χ0) is 13.8. The van der Waals surface area contributed by atoms with Gasteiger partial charge in [-0.2, -0.15) is 0 Å². The summed E-state index contributed by atoms with van der Waals surface area (Å²) in [6, 6.07) is 1.91. The largest absolute Gasteiger partial charge is 0.301 e. The number of aryl methyl sites for hydroxylation is 2. The maximum Gasteiger partial charge on any atom is 0.239 e. The van der Waals surface area contributed by atoms with Crippen LogP contribution < -0.4 is 5.32 Å². The second-order valence-electron chi connectivity index (χ2n) is 4.02. The number of nitrogens with one attached hydrogen (secondary N) is 1. The van der Waals surface area contributed by atoms with Gasteiger partial charge < -0.3 is 5.32 Å². The van der Waals surface area contributed by atoms with Gasteiger partial charge in [0, 0.05) is 23.0 Å². The lowest BCUT2D eigenvalue weighted by Gasteiger charge is -2.10. The third kappa shape index (κ3) is 4.00. The summed E-state index contributed by atoms with van der Waals surface area (Å²) < 4.78 is 0. The van der Waals surface area contributed by atoms with Crippen molar-refractivity contribution >= 4 is 34.1 Å². The van der Waals surface area contributed by atoms with Crippen LogP contribution in [0.2, 0.25) is 0 Å². The van der Waals surface area contributed by atoms with Gasteiger partial charge in [0.2, 0.25) is 5.91 Å². The number of carbonyl (C=O) groups excluding carboxylic acids is 1. The quantitative estimate of drug-likeness (QED) is 0.693. The zero-order valence-electron chi connectivity index (χ0n) is 10.9. The summed E-state index contributed by atoms with van der Waals surface area (Å²) in [5, 5.41) is 5.54. The van der Waals surface area contributed by atoms with Crippen molar-refractivity contribution < 1.29 is 4.79 Å². The van der Waals surface area contributed by atoms with Crippen LogP contribution in [0.4, 0.5) is 5.13 Å². The fourth-order valence-electron chi connectivity index (χ4n) is 1.45. The Hall–Kier alpha value is -1.47. The van der Waals surface area contributed by atoms with Crippen molar-refractivity contribution in [3.05, 3.63) is 29.0 Å². The highest BCUT2D eigenvalue weighted by atomic mass is 32.2. The molecule has 1 amide bonds. The first-order valence-corrected chi connectivity index (χ1v) is 7.50. The average Bonchev–Trinajstić information content (AvgIpc) is 2.80. The Bertz CT molecular complexity index is 551. The molecule has 0 aliphatic rings. The van der Waals surface area contributed by atoms with Crippen molar-refractivity contribution in [3.8, 4) is 0 Å². The van der Waals surface area contributed by atoms with Crippen LogP contribution in [0.5, 0.6) is 0 Å². The van der Waals surface area contributed by atoms with E-state index in [9.17, 15) is 4.79 Å². The van der Waals surface area contributed by atoms with Crippen LogP contribution in [0.15, 0.2) is 22.8 Å². The van der Waals surface area contributed by atoms with Crippen LogP contribution >= 0.6 is 23.1 Å². The fraction of sp³-hybridized carbons (Fsp3) is 0.333.